The predicted molar refractivity (Wildman–Crippen MR) is 164 cm³/mol. The van der Waals surface area contributed by atoms with Gasteiger partial charge in [0.25, 0.3) is 0 Å². The van der Waals surface area contributed by atoms with E-state index in [-0.39, 0.29) is 5.56 Å². The highest BCUT2D eigenvalue weighted by Gasteiger charge is 2.26. The second kappa shape index (κ2) is 12.6. The van der Waals surface area contributed by atoms with Crippen LogP contribution < -0.4 is 15.8 Å². The number of rotatable bonds is 8. The van der Waals surface area contributed by atoms with Crippen LogP contribution in [0.15, 0.2) is 72.9 Å². The number of morpholine rings is 2. The van der Waals surface area contributed by atoms with E-state index in [1.807, 2.05) is 11.8 Å². The molecular formula is C31H38N4O3S2. The minimum Gasteiger partial charge on any atom is -0.381 e. The molecule has 3 aromatic rings. The van der Waals surface area contributed by atoms with Crippen molar-refractivity contribution in [3.63, 3.8) is 0 Å². The van der Waals surface area contributed by atoms with Gasteiger partial charge in [0.15, 0.2) is 0 Å². The summed E-state index contributed by atoms with van der Waals surface area (Å²) in [6, 6.07) is 17.8. The van der Waals surface area contributed by atoms with Crippen molar-refractivity contribution in [3.05, 3.63) is 58.9 Å². The third kappa shape index (κ3) is 6.09. The predicted octanol–water partition coefficient (Wildman–Crippen LogP) is 5.80. The molecule has 2 fully saturated rings. The molecule has 0 saturated carbocycles. The van der Waals surface area contributed by atoms with Gasteiger partial charge in [-0.3, -0.25) is 9.69 Å². The monoisotopic (exact) mass is 578 g/mol. The smallest absolute Gasteiger partial charge is 0.250 e. The summed E-state index contributed by atoms with van der Waals surface area (Å²) < 4.78 is 11.1. The van der Waals surface area contributed by atoms with Gasteiger partial charge >= 0.3 is 0 Å². The van der Waals surface area contributed by atoms with E-state index in [1.54, 1.807) is 17.8 Å². The number of hydrogen-bond acceptors (Lipinski definition) is 8. The van der Waals surface area contributed by atoms with Crippen molar-refractivity contribution >= 4 is 34.9 Å². The van der Waals surface area contributed by atoms with Crippen LogP contribution in [0.25, 0.3) is 11.3 Å². The van der Waals surface area contributed by atoms with Crippen LogP contribution >= 0.6 is 23.5 Å². The highest BCUT2D eigenvalue weighted by molar-refractivity contribution is 8.05. The molecule has 2 saturated heterocycles. The van der Waals surface area contributed by atoms with E-state index in [4.69, 9.17) is 9.47 Å². The SMILES string of the molecule is CCCC(Nc1ccc2c(c1)Sc1cccc(-c3cc(N4CCOCC4)cc(=O)[nH]3)c1S2)[C@H](C)N1CCOCC1. The molecule has 0 amide bonds. The van der Waals surface area contributed by atoms with Crippen molar-refractivity contribution in [2.45, 2.75) is 58.4 Å². The van der Waals surface area contributed by atoms with E-state index in [0.717, 1.165) is 69.2 Å². The number of ether oxygens (including phenoxy) is 2. The maximum Gasteiger partial charge on any atom is 0.250 e. The molecule has 2 N–H and O–H groups in total. The van der Waals surface area contributed by atoms with Crippen molar-refractivity contribution in [3.8, 4) is 11.3 Å². The lowest BCUT2D eigenvalue weighted by atomic mass is 10.0. The maximum absolute atomic E-state index is 12.7. The molecule has 4 heterocycles. The van der Waals surface area contributed by atoms with Gasteiger partial charge in [0.1, 0.15) is 0 Å². The standard InChI is InChI=1S/C31H38N4O3S2/c1-3-5-25(21(2)34-10-14-37-15-11-34)32-22-8-9-27-29(18-22)39-28-7-4-6-24(31(28)40-27)26-19-23(20-30(36)33-26)35-12-16-38-17-13-35/h4,6-9,18-21,25,32H,3,5,10-17H2,1-2H3,(H,33,36)/t21-,25?/m0/s1. The van der Waals surface area contributed by atoms with Gasteiger partial charge in [-0.25, -0.2) is 0 Å². The van der Waals surface area contributed by atoms with Gasteiger partial charge < -0.3 is 24.7 Å². The van der Waals surface area contributed by atoms with Crippen molar-refractivity contribution in [1.82, 2.24) is 9.88 Å². The van der Waals surface area contributed by atoms with Crippen molar-refractivity contribution < 1.29 is 9.47 Å². The van der Waals surface area contributed by atoms with Crippen LogP contribution in [-0.2, 0) is 9.47 Å². The number of aromatic amines is 1. The van der Waals surface area contributed by atoms with Gasteiger partial charge in [0, 0.05) is 80.8 Å². The highest BCUT2D eigenvalue weighted by Crippen LogP contribution is 2.52. The van der Waals surface area contributed by atoms with E-state index < -0.39 is 0 Å². The summed E-state index contributed by atoms with van der Waals surface area (Å²) >= 11 is 3.60. The Labute approximate surface area is 245 Å². The fourth-order valence-corrected chi connectivity index (χ4v) is 8.19. The van der Waals surface area contributed by atoms with Gasteiger partial charge in [-0.2, -0.15) is 0 Å². The van der Waals surface area contributed by atoms with E-state index >= 15 is 0 Å². The molecule has 2 aromatic carbocycles. The molecule has 212 valence electrons. The largest absolute Gasteiger partial charge is 0.381 e. The molecule has 6 rings (SSSR count). The molecule has 0 bridgehead atoms. The van der Waals surface area contributed by atoms with E-state index in [2.05, 4.69) is 76.4 Å². The number of benzene rings is 2. The maximum atomic E-state index is 12.7. The zero-order valence-corrected chi connectivity index (χ0v) is 24.9. The molecule has 1 unspecified atom stereocenters. The van der Waals surface area contributed by atoms with Crippen LogP contribution in [0.3, 0.4) is 0 Å². The first-order chi connectivity index (χ1) is 19.6. The lowest BCUT2D eigenvalue weighted by molar-refractivity contribution is 0.0160. The van der Waals surface area contributed by atoms with E-state index in [9.17, 15) is 4.79 Å². The topological polar surface area (TPSA) is 69.8 Å². The number of H-pyrrole nitrogens is 1. The summed E-state index contributed by atoms with van der Waals surface area (Å²) in [6.07, 6.45) is 2.28. The first-order valence-electron chi connectivity index (χ1n) is 14.4. The first-order valence-corrected chi connectivity index (χ1v) is 16.0. The third-order valence-corrected chi connectivity index (χ3v) is 10.6. The van der Waals surface area contributed by atoms with Crippen molar-refractivity contribution in [2.75, 3.05) is 62.8 Å². The number of nitrogens with one attached hydrogen (secondary N) is 2. The second-order valence-electron chi connectivity index (χ2n) is 10.6. The highest BCUT2D eigenvalue weighted by atomic mass is 32.2. The Morgan fingerprint density at radius 3 is 2.48 bits per heavy atom. The van der Waals surface area contributed by atoms with Crippen LogP contribution in [0.5, 0.6) is 0 Å². The Bertz CT molecular complexity index is 1390. The average molecular weight is 579 g/mol. The van der Waals surface area contributed by atoms with Crippen molar-refractivity contribution in [1.29, 1.82) is 0 Å². The lowest BCUT2D eigenvalue weighted by Crippen LogP contribution is -2.49. The summed E-state index contributed by atoms with van der Waals surface area (Å²) in [6.45, 7) is 11.2. The molecule has 0 spiro atoms. The first kappa shape index (κ1) is 27.7. The molecular weight excluding hydrogens is 541 g/mol. The summed E-state index contributed by atoms with van der Waals surface area (Å²) in [5.74, 6) is 0. The average Bonchev–Trinajstić information content (AvgIpc) is 2.99. The molecule has 3 aliphatic rings. The Balaban J connectivity index is 1.23. The quantitative estimate of drug-likeness (QED) is 0.272. The summed E-state index contributed by atoms with van der Waals surface area (Å²) in [5, 5.41) is 3.87. The second-order valence-corrected chi connectivity index (χ2v) is 12.8. The number of fused-ring (bicyclic) bond motifs is 2. The van der Waals surface area contributed by atoms with Gasteiger partial charge in [-0.15, -0.1) is 0 Å². The molecule has 2 atom stereocenters. The molecule has 0 radical (unpaired) electrons. The molecule has 9 heteroatoms. The summed E-state index contributed by atoms with van der Waals surface area (Å²) in [7, 11) is 0. The molecule has 7 nitrogen and oxygen atoms in total. The number of nitrogens with zero attached hydrogens (tertiary/aromatic N) is 2. The number of aromatic nitrogens is 1. The Kier molecular flexibility index (Phi) is 8.74. The van der Waals surface area contributed by atoms with Gasteiger partial charge in [-0.05, 0) is 43.7 Å². The van der Waals surface area contributed by atoms with Crippen LogP contribution in [0.1, 0.15) is 26.7 Å². The molecule has 0 aliphatic carbocycles. The normalized spacial score (nSPS) is 19.0. The zero-order chi connectivity index (χ0) is 27.5. The Morgan fingerprint density at radius 2 is 1.70 bits per heavy atom. The van der Waals surface area contributed by atoms with Crippen LogP contribution in [-0.4, -0.2) is 74.6 Å². The number of hydrogen-bond donors (Lipinski definition) is 2. The minimum absolute atomic E-state index is 0.0749. The number of pyridine rings is 1. The van der Waals surface area contributed by atoms with E-state index in [0.29, 0.717) is 25.3 Å². The van der Waals surface area contributed by atoms with Crippen LogP contribution in [0, 0.1) is 0 Å². The Morgan fingerprint density at radius 1 is 0.925 bits per heavy atom. The molecule has 3 aliphatic heterocycles. The lowest BCUT2D eigenvalue weighted by Gasteiger charge is -2.37. The third-order valence-electron chi connectivity index (χ3n) is 8.01. The zero-order valence-electron chi connectivity index (χ0n) is 23.3. The molecule has 1 aromatic heterocycles. The van der Waals surface area contributed by atoms with Gasteiger partial charge in [-0.1, -0.05) is 49.0 Å². The Hall–Kier alpha value is -2.43. The van der Waals surface area contributed by atoms with E-state index in [1.165, 1.54) is 25.3 Å². The molecule has 40 heavy (non-hydrogen) atoms. The summed E-state index contributed by atoms with van der Waals surface area (Å²) in [4.78, 5) is 25.5. The minimum atomic E-state index is -0.0749. The van der Waals surface area contributed by atoms with Crippen molar-refractivity contribution in [2.24, 2.45) is 0 Å². The fraction of sp³-hybridized carbons (Fsp3) is 0.452. The van der Waals surface area contributed by atoms with Crippen LogP contribution in [0.4, 0.5) is 11.4 Å². The van der Waals surface area contributed by atoms with Gasteiger partial charge in [0.2, 0.25) is 5.56 Å². The fourth-order valence-electron chi connectivity index (χ4n) is 5.78. The van der Waals surface area contributed by atoms with Crippen LogP contribution in [0.2, 0.25) is 0 Å². The van der Waals surface area contributed by atoms with Gasteiger partial charge in [0.05, 0.1) is 32.1 Å². The summed E-state index contributed by atoms with van der Waals surface area (Å²) in [5.41, 5.74) is 3.98. The number of anilines is 2.